The maximum atomic E-state index is 13.8. The van der Waals surface area contributed by atoms with E-state index in [2.05, 4.69) is 10.2 Å². The van der Waals surface area contributed by atoms with Crippen LogP contribution in [0.5, 0.6) is 0 Å². The van der Waals surface area contributed by atoms with Gasteiger partial charge in [0.25, 0.3) is 0 Å². The molecule has 8 heteroatoms. The van der Waals surface area contributed by atoms with E-state index in [0.29, 0.717) is 23.7 Å². The summed E-state index contributed by atoms with van der Waals surface area (Å²) in [5.41, 5.74) is 0.435. The smallest absolute Gasteiger partial charge is 0.212 e. The van der Waals surface area contributed by atoms with Crippen molar-refractivity contribution in [1.29, 1.82) is 0 Å². The van der Waals surface area contributed by atoms with Gasteiger partial charge in [-0.15, -0.1) is 10.2 Å². The molecule has 3 rings (SSSR count). The molecule has 1 fully saturated rings. The number of aromatic nitrogens is 2. The third-order valence-corrected chi connectivity index (χ3v) is 7.00. The Labute approximate surface area is 139 Å². The van der Waals surface area contributed by atoms with Crippen LogP contribution in [0.3, 0.4) is 0 Å². The molecule has 1 aromatic carbocycles. The van der Waals surface area contributed by atoms with Crippen molar-refractivity contribution in [3.05, 3.63) is 35.1 Å². The number of benzene rings is 1. The molecule has 0 saturated carbocycles. The van der Waals surface area contributed by atoms with Crippen molar-refractivity contribution in [2.45, 2.75) is 25.7 Å². The van der Waals surface area contributed by atoms with Crippen molar-refractivity contribution in [3.63, 3.8) is 0 Å². The average molecular weight is 355 g/mol. The number of piperidine rings is 1. The first-order chi connectivity index (χ1) is 11.0. The Balaban J connectivity index is 1.82. The summed E-state index contributed by atoms with van der Waals surface area (Å²) in [5.74, 6) is -0.187. The predicted octanol–water partition coefficient (Wildman–Crippen LogP) is 2.87. The number of rotatable bonds is 4. The second-order valence-corrected chi connectivity index (χ2v) is 8.79. The van der Waals surface area contributed by atoms with Gasteiger partial charge in [0.15, 0.2) is 5.01 Å². The Morgan fingerprint density at radius 1 is 1.35 bits per heavy atom. The van der Waals surface area contributed by atoms with Crippen LogP contribution in [0.4, 0.5) is 4.39 Å². The Morgan fingerprint density at radius 2 is 2.13 bits per heavy atom. The molecule has 2 aromatic rings. The van der Waals surface area contributed by atoms with Crippen LogP contribution in [-0.2, 0) is 10.0 Å². The highest BCUT2D eigenvalue weighted by atomic mass is 32.2. The van der Waals surface area contributed by atoms with Gasteiger partial charge in [0.2, 0.25) is 10.0 Å². The number of nitrogens with zero attached hydrogens (tertiary/aromatic N) is 3. The molecule has 0 spiro atoms. The summed E-state index contributed by atoms with van der Waals surface area (Å²) < 4.78 is 39.5. The van der Waals surface area contributed by atoms with Crippen LogP contribution in [0.15, 0.2) is 24.3 Å². The second kappa shape index (κ2) is 6.62. The number of hydrogen-bond donors (Lipinski definition) is 0. The van der Waals surface area contributed by atoms with E-state index < -0.39 is 10.0 Å². The van der Waals surface area contributed by atoms with E-state index in [1.165, 1.54) is 21.7 Å². The number of halogens is 1. The molecule has 0 radical (unpaired) electrons. The van der Waals surface area contributed by atoms with E-state index >= 15 is 0 Å². The summed E-state index contributed by atoms with van der Waals surface area (Å²) in [4.78, 5) is 0. The van der Waals surface area contributed by atoms with E-state index in [1.807, 2.05) is 0 Å². The van der Waals surface area contributed by atoms with Crippen LogP contribution in [0, 0.1) is 5.82 Å². The summed E-state index contributed by atoms with van der Waals surface area (Å²) in [6.07, 6.45) is 1.68. The summed E-state index contributed by atoms with van der Waals surface area (Å²) in [6.45, 7) is 2.65. The fourth-order valence-corrected chi connectivity index (χ4v) is 4.90. The SMILES string of the molecule is CCS(=O)(=O)N1CCC[C@@H](c2nnc(-c3ccccc3F)s2)C1. The first-order valence-corrected chi connectivity index (χ1v) is 10.00. The minimum Gasteiger partial charge on any atom is -0.212 e. The summed E-state index contributed by atoms with van der Waals surface area (Å²) in [6, 6.07) is 6.46. The van der Waals surface area contributed by atoms with E-state index in [4.69, 9.17) is 0 Å². The topological polar surface area (TPSA) is 63.2 Å². The molecule has 23 heavy (non-hydrogen) atoms. The van der Waals surface area contributed by atoms with Gasteiger partial charge < -0.3 is 0 Å². The molecule has 2 heterocycles. The van der Waals surface area contributed by atoms with Gasteiger partial charge in [-0.2, -0.15) is 0 Å². The van der Waals surface area contributed by atoms with Gasteiger partial charge in [0.05, 0.1) is 5.75 Å². The zero-order valence-corrected chi connectivity index (χ0v) is 14.4. The quantitative estimate of drug-likeness (QED) is 0.846. The van der Waals surface area contributed by atoms with Gasteiger partial charge in [0, 0.05) is 24.6 Å². The van der Waals surface area contributed by atoms with Crippen LogP contribution in [0.2, 0.25) is 0 Å². The number of sulfonamides is 1. The van der Waals surface area contributed by atoms with Crippen molar-refractivity contribution < 1.29 is 12.8 Å². The first kappa shape index (κ1) is 16.5. The van der Waals surface area contributed by atoms with Crippen molar-refractivity contribution in [2.24, 2.45) is 0 Å². The molecule has 5 nitrogen and oxygen atoms in total. The lowest BCUT2D eigenvalue weighted by molar-refractivity contribution is 0.315. The van der Waals surface area contributed by atoms with Crippen molar-refractivity contribution in [3.8, 4) is 10.6 Å². The van der Waals surface area contributed by atoms with E-state index in [1.54, 1.807) is 25.1 Å². The van der Waals surface area contributed by atoms with Gasteiger partial charge in [0.1, 0.15) is 10.8 Å². The molecule has 1 aliphatic heterocycles. The predicted molar refractivity (Wildman–Crippen MR) is 88.3 cm³/mol. The van der Waals surface area contributed by atoms with Gasteiger partial charge >= 0.3 is 0 Å². The molecule has 0 bridgehead atoms. The van der Waals surface area contributed by atoms with E-state index in [0.717, 1.165) is 17.8 Å². The molecule has 0 unspecified atom stereocenters. The Kier molecular flexibility index (Phi) is 4.74. The molecule has 0 amide bonds. The lowest BCUT2D eigenvalue weighted by Crippen LogP contribution is -2.39. The minimum atomic E-state index is -3.18. The zero-order chi connectivity index (χ0) is 16.4. The highest BCUT2D eigenvalue weighted by Gasteiger charge is 2.30. The summed E-state index contributed by atoms with van der Waals surface area (Å²) >= 11 is 1.34. The van der Waals surface area contributed by atoms with Gasteiger partial charge in [-0.25, -0.2) is 17.1 Å². The molecular weight excluding hydrogens is 337 g/mol. The monoisotopic (exact) mass is 355 g/mol. The van der Waals surface area contributed by atoms with Crippen LogP contribution in [0.25, 0.3) is 10.6 Å². The van der Waals surface area contributed by atoms with Crippen molar-refractivity contribution in [2.75, 3.05) is 18.8 Å². The first-order valence-electron chi connectivity index (χ1n) is 7.57. The third kappa shape index (κ3) is 3.44. The Bertz CT molecular complexity index is 792. The highest BCUT2D eigenvalue weighted by Crippen LogP contribution is 2.34. The van der Waals surface area contributed by atoms with Crippen molar-refractivity contribution in [1.82, 2.24) is 14.5 Å². The third-order valence-electron chi connectivity index (χ3n) is 4.04. The molecule has 124 valence electrons. The van der Waals surface area contributed by atoms with Gasteiger partial charge in [-0.05, 0) is 31.9 Å². The average Bonchev–Trinajstić information content (AvgIpc) is 3.05. The molecule has 1 atom stereocenters. The lowest BCUT2D eigenvalue weighted by Gasteiger charge is -2.30. The second-order valence-electron chi connectivity index (χ2n) is 5.52. The molecule has 1 aromatic heterocycles. The normalized spacial score (nSPS) is 19.8. The van der Waals surface area contributed by atoms with Crippen LogP contribution >= 0.6 is 11.3 Å². The van der Waals surface area contributed by atoms with Crippen LogP contribution < -0.4 is 0 Å². The highest BCUT2D eigenvalue weighted by molar-refractivity contribution is 7.89. The fourth-order valence-electron chi connectivity index (χ4n) is 2.72. The molecule has 1 saturated heterocycles. The van der Waals surface area contributed by atoms with E-state index in [9.17, 15) is 12.8 Å². The van der Waals surface area contributed by atoms with Crippen molar-refractivity contribution >= 4 is 21.4 Å². The molecule has 0 aliphatic carbocycles. The number of hydrogen-bond acceptors (Lipinski definition) is 5. The maximum absolute atomic E-state index is 13.8. The van der Waals surface area contributed by atoms with Gasteiger partial charge in [-0.1, -0.05) is 23.5 Å². The molecule has 1 aliphatic rings. The molecule has 0 N–H and O–H groups in total. The molecular formula is C15H18FN3O2S2. The van der Waals surface area contributed by atoms with Crippen LogP contribution in [-0.4, -0.2) is 41.8 Å². The lowest BCUT2D eigenvalue weighted by atomic mass is 10.0. The zero-order valence-electron chi connectivity index (χ0n) is 12.8. The standard InChI is InChI=1S/C15H18FN3O2S2/c1-2-23(20,21)19-9-5-6-11(10-19)14-17-18-15(22-14)12-7-3-4-8-13(12)16/h3-4,7-8,11H,2,5-6,9-10H2,1H3/t11-/m1/s1. The van der Waals surface area contributed by atoms with Crippen LogP contribution in [0.1, 0.15) is 30.7 Å². The maximum Gasteiger partial charge on any atom is 0.213 e. The fraction of sp³-hybridized carbons (Fsp3) is 0.467. The van der Waals surface area contributed by atoms with Gasteiger partial charge in [-0.3, -0.25) is 0 Å². The van der Waals surface area contributed by atoms with E-state index in [-0.39, 0.29) is 17.5 Å². The summed E-state index contributed by atoms with van der Waals surface area (Å²) in [7, 11) is -3.18. The Morgan fingerprint density at radius 3 is 2.87 bits per heavy atom. The largest absolute Gasteiger partial charge is 0.213 e. The summed E-state index contributed by atoms with van der Waals surface area (Å²) in [5, 5.41) is 9.58. The minimum absolute atomic E-state index is 0.0306. The Hall–Kier alpha value is -1.38.